The van der Waals surface area contributed by atoms with Crippen molar-refractivity contribution in [2.45, 2.75) is 32.3 Å². The van der Waals surface area contributed by atoms with Crippen molar-refractivity contribution in [2.24, 2.45) is 16.6 Å². The van der Waals surface area contributed by atoms with E-state index in [1.54, 1.807) is 18.3 Å². The summed E-state index contributed by atoms with van der Waals surface area (Å²) in [6.07, 6.45) is 2.43. The molecule has 2 heterocycles. The van der Waals surface area contributed by atoms with Crippen LogP contribution in [0.15, 0.2) is 22.5 Å². The number of hydrogen-bond acceptors (Lipinski definition) is 3. The summed E-state index contributed by atoms with van der Waals surface area (Å²) >= 11 is 1.54. The summed E-state index contributed by atoms with van der Waals surface area (Å²) in [5.41, 5.74) is 5.11. The van der Waals surface area contributed by atoms with Crippen LogP contribution < -0.4 is 5.73 Å². The summed E-state index contributed by atoms with van der Waals surface area (Å²) in [4.78, 5) is 7.44. The zero-order valence-corrected chi connectivity index (χ0v) is 12.5. The number of nitrogens with two attached hydrogens (primary N) is 1. The van der Waals surface area contributed by atoms with Crippen molar-refractivity contribution in [3.05, 3.63) is 22.4 Å². The molecule has 0 spiro atoms. The highest BCUT2D eigenvalue weighted by Crippen LogP contribution is 2.25. The second-order valence-electron chi connectivity index (χ2n) is 5.62. The van der Waals surface area contributed by atoms with Crippen LogP contribution in [-0.4, -0.2) is 35.6 Å². The Kier molecular flexibility index (Phi) is 4.47. The minimum absolute atomic E-state index is 0.310. The Morgan fingerprint density at radius 3 is 3.11 bits per heavy atom. The maximum atomic E-state index is 10.4. The Morgan fingerprint density at radius 1 is 1.68 bits per heavy atom. The Bertz CT molecular complexity index is 428. The van der Waals surface area contributed by atoms with Crippen molar-refractivity contribution in [2.75, 3.05) is 19.6 Å². The van der Waals surface area contributed by atoms with Crippen LogP contribution in [0.2, 0.25) is 0 Å². The van der Waals surface area contributed by atoms with E-state index in [9.17, 15) is 5.11 Å². The normalized spacial score (nSPS) is 24.3. The first-order chi connectivity index (χ1) is 8.99. The predicted octanol–water partition coefficient (Wildman–Crippen LogP) is 2.00. The number of likely N-dealkylation sites (tertiary alicyclic amines) is 1. The van der Waals surface area contributed by atoms with E-state index in [0.29, 0.717) is 18.4 Å². The molecule has 5 heteroatoms. The molecule has 0 aromatic carbocycles. The third-order valence-electron chi connectivity index (χ3n) is 3.58. The molecule has 1 fully saturated rings. The zero-order chi connectivity index (χ0) is 13.9. The maximum Gasteiger partial charge on any atom is 0.191 e. The number of rotatable bonds is 3. The summed E-state index contributed by atoms with van der Waals surface area (Å²) in [5, 5.41) is 12.4. The van der Waals surface area contributed by atoms with E-state index in [1.807, 2.05) is 17.5 Å². The molecule has 2 rings (SSSR count). The number of guanidine groups is 1. The first-order valence-corrected chi connectivity index (χ1v) is 7.68. The fourth-order valence-electron chi connectivity index (χ4n) is 2.40. The fourth-order valence-corrected chi connectivity index (χ4v) is 3.17. The predicted molar refractivity (Wildman–Crippen MR) is 80.4 cm³/mol. The lowest BCUT2D eigenvalue weighted by molar-refractivity contribution is 0.0708. The van der Waals surface area contributed by atoms with Gasteiger partial charge in [0.1, 0.15) is 5.60 Å². The van der Waals surface area contributed by atoms with Gasteiger partial charge in [-0.05, 0) is 37.1 Å². The van der Waals surface area contributed by atoms with Crippen molar-refractivity contribution >= 4 is 17.3 Å². The summed E-state index contributed by atoms with van der Waals surface area (Å²) in [6.45, 7) is 6.28. The van der Waals surface area contributed by atoms with Crippen molar-refractivity contribution in [1.29, 1.82) is 0 Å². The van der Waals surface area contributed by atoms with Gasteiger partial charge in [-0.15, -0.1) is 11.3 Å². The van der Waals surface area contributed by atoms with E-state index in [4.69, 9.17) is 5.73 Å². The molecule has 106 valence electrons. The monoisotopic (exact) mass is 281 g/mol. The second-order valence-corrected chi connectivity index (χ2v) is 6.57. The summed E-state index contributed by atoms with van der Waals surface area (Å²) in [5.74, 6) is 1.23. The molecule has 0 saturated carbocycles. The van der Waals surface area contributed by atoms with Gasteiger partial charge in [0.15, 0.2) is 5.96 Å². The Hall–Kier alpha value is -1.07. The van der Waals surface area contributed by atoms with Gasteiger partial charge in [0.2, 0.25) is 0 Å². The molecule has 2 atom stereocenters. The van der Waals surface area contributed by atoms with E-state index in [0.717, 1.165) is 18.0 Å². The molecule has 1 aromatic rings. The molecule has 1 aromatic heterocycles. The largest absolute Gasteiger partial charge is 0.383 e. The van der Waals surface area contributed by atoms with Gasteiger partial charge < -0.3 is 15.7 Å². The topological polar surface area (TPSA) is 61.8 Å². The van der Waals surface area contributed by atoms with Gasteiger partial charge in [0.25, 0.3) is 0 Å². The average molecular weight is 281 g/mol. The Labute approximate surface area is 119 Å². The molecule has 4 nitrogen and oxygen atoms in total. The van der Waals surface area contributed by atoms with Crippen LogP contribution in [0, 0.1) is 5.92 Å². The van der Waals surface area contributed by atoms with Crippen molar-refractivity contribution in [3.8, 4) is 0 Å². The highest BCUT2D eigenvalue weighted by molar-refractivity contribution is 7.10. The van der Waals surface area contributed by atoms with Crippen LogP contribution in [-0.2, 0) is 5.60 Å². The Morgan fingerprint density at radius 2 is 2.47 bits per heavy atom. The maximum absolute atomic E-state index is 10.4. The van der Waals surface area contributed by atoms with Crippen LogP contribution in [0.3, 0.4) is 0 Å². The van der Waals surface area contributed by atoms with Crippen LogP contribution in [0.4, 0.5) is 0 Å². The summed E-state index contributed by atoms with van der Waals surface area (Å²) < 4.78 is 0. The standard InChI is InChI=1S/C14H23N3OS/c1-11-5-3-7-17(9-11)13(15)16-10-14(2,18)12-6-4-8-19-12/h4,6,8,11,18H,3,5,7,9-10H2,1-2H3,(H2,15,16). The van der Waals surface area contributed by atoms with E-state index in [-0.39, 0.29) is 0 Å². The van der Waals surface area contributed by atoms with Gasteiger partial charge >= 0.3 is 0 Å². The van der Waals surface area contributed by atoms with Gasteiger partial charge in [-0.2, -0.15) is 0 Å². The average Bonchev–Trinajstić information content (AvgIpc) is 2.90. The van der Waals surface area contributed by atoms with Crippen molar-refractivity contribution < 1.29 is 5.11 Å². The van der Waals surface area contributed by atoms with E-state index >= 15 is 0 Å². The SMILES string of the molecule is CC1CCCN(C(N)=NCC(C)(O)c2cccs2)C1. The van der Waals surface area contributed by atoms with Gasteiger partial charge in [-0.3, -0.25) is 0 Å². The molecule has 1 aliphatic heterocycles. The smallest absolute Gasteiger partial charge is 0.191 e. The minimum Gasteiger partial charge on any atom is -0.383 e. The molecule has 1 saturated heterocycles. The lowest BCUT2D eigenvalue weighted by Gasteiger charge is -2.32. The quantitative estimate of drug-likeness (QED) is 0.658. The highest BCUT2D eigenvalue weighted by Gasteiger charge is 2.25. The third kappa shape index (κ3) is 3.70. The molecular weight excluding hydrogens is 258 g/mol. The number of aliphatic hydroxyl groups is 1. The Balaban J connectivity index is 1.97. The number of piperidine rings is 1. The molecule has 0 aliphatic carbocycles. The minimum atomic E-state index is -0.930. The summed E-state index contributed by atoms with van der Waals surface area (Å²) in [6, 6.07) is 3.87. The molecular formula is C14H23N3OS. The van der Waals surface area contributed by atoms with E-state index < -0.39 is 5.60 Å². The van der Waals surface area contributed by atoms with Crippen molar-refractivity contribution in [3.63, 3.8) is 0 Å². The van der Waals surface area contributed by atoms with Gasteiger partial charge in [0, 0.05) is 18.0 Å². The van der Waals surface area contributed by atoms with Gasteiger partial charge in [0.05, 0.1) is 6.54 Å². The molecule has 19 heavy (non-hydrogen) atoms. The second kappa shape index (κ2) is 5.92. The van der Waals surface area contributed by atoms with Crippen LogP contribution in [0.25, 0.3) is 0 Å². The van der Waals surface area contributed by atoms with Crippen LogP contribution in [0.5, 0.6) is 0 Å². The molecule has 0 radical (unpaired) electrons. The lowest BCUT2D eigenvalue weighted by atomic mass is 10.0. The fraction of sp³-hybridized carbons (Fsp3) is 0.643. The lowest BCUT2D eigenvalue weighted by Crippen LogP contribution is -2.44. The van der Waals surface area contributed by atoms with E-state index in [2.05, 4.69) is 16.8 Å². The molecule has 0 amide bonds. The highest BCUT2D eigenvalue weighted by atomic mass is 32.1. The van der Waals surface area contributed by atoms with Gasteiger partial charge in [-0.25, -0.2) is 4.99 Å². The molecule has 2 unspecified atom stereocenters. The van der Waals surface area contributed by atoms with Crippen molar-refractivity contribution in [1.82, 2.24) is 4.90 Å². The first-order valence-electron chi connectivity index (χ1n) is 6.80. The number of aliphatic imine (C=N–C) groups is 1. The summed E-state index contributed by atoms with van der Waals surface area (Å²) in [7, 11) is 0. The molecule has 3 N–H and O–H groups in total. The zero-order valence-electron chi connectivity index (χ0n) is 11.7. The number of nitrogens with zero attached hydrogens (tertiary/aromatic N) is 2. The number of hydrogen-bond donors (Lipinski definition) is 2. The van der Waals surface area contributed by atoms with Gasteiger partial charge in [-0.1, -0.05) is 13.0 Å². The molecule has 0 bridgehead atoms. The number of thiophene rings is 1. The van der Waals surface area contributed by atoms with E-state index in [1.165, 1.54) is 12.8 Å². The first kappa shape index (κ1) is 14.3. The third-order valence-corrected chi connectivity index (χ3v) is 4.70. The van der Waals surface area contributed by atoms with Crippen LogP contribution >= 0.6 is 11.3 Å². The molecule has 1 aliphatic rings. The van der Waals surface area contributed by atoms with Crippen LogP contribution in [0.1, 0.15) is 31.6 Å².